The van der Waals surface area contributed by atoms with E-state index in [2.05, 4.69) is 0 Å². The molecule has 1 saturated heterocycles. The predicted octanol–water partition coefficient (Wildman–Crippen LogP) is 3.97. The number of rotatable bonds is 7. The van der Waals surface area contributed by atoms with Gasteiger partial charge in [-0.15, -0.1) is 0 Å². The molecule has 1 aromatic carbocycles. The molecule has 0 N–H and O–H groups in total. The van der Waals surface area contributed by atoms with Gasteiger partial charge in [-0.25, -0.2) is 8.42 Å². The van der Waals surface area contributed by atoms with E-state index in [1.165, 1.54) is 32.1 Å². The number of ether oxygens (including phenoxy) is 1. The summed E-state index contributed by atoms with van der Waals surface area (Å²) in [6.45, 7) is 3.69. The number of nitrogens with zero attached hydrogens (tertiary/aromatic N) is 1. The summed E-state index contributed by atoms with van der Waals surface area (Å²) in [6.07, 6.45) is 7.73. The summed E-state index contributed by atoms with van der Waals surface area (Å²) < 4.78 is 33.3. The molecular formula is C20H31NO3S. The fourth-order valence-electron chi connectivity index (χ4n) is 4.52. The van der Waals surface area contributed by atoms with Crippen LogP contribution in [-0.2, 0) is 21.4 Å². The monoisotopic (exact) mass is 365 g/mol. The lowest BCUT2D eigenvalue weighted by molar-refractivity contribution is 0.0855. The molecule has 1 heterocycles. The summed E-state index contributed by atoms with van der Waals surface area (Å²) >= 11 is 0. The maximum atomic E-state index is 12.8. The maximum Gasteiger partial charge on any atom is 0.214 e. The highest BCUT2D eigenvalue weighted by atomic mass is 32.2. The highest BCUT2D eigenvalue weighted by molar-refractivity contribution is 7.89. The minimum Gasteiger partial charge on any atom is -0.375 e. The Balaban J connectivity index is 1.67. The molecule has 0 bridgehead atoms. The molecule has 4 nitrogen and oxygen atoms in total. The average molecular weight is 366 g/mol. The summed E-state index contributed by atoms with van der Waals surface area (Å²) in [7, 11) is -3.18. The van der Waals surface area contributed by atoms with Crippen LogP contribution in [0.4, 0.5) is 0 Å². The summed E-state index contributed by atoms with van der Waals surface area (Å²) in [4.78, 5) is 0. The fourth-order valence-corrected chi connectivity index (χ4v) is 6.33. The normalized spacial score (nSPS) is 24.0. The lowest BCUT2D eigenvalue weighted by Gasteiger charge is -2.33. The Kier molecular flexibility index (Phi) is 6.18. The Hall–Kier alpha value is -0.910. The molecule has 1 atom stereocenters. The average Bonchev–Trinajstić information content (AvgIpc) is 2.95. The molecule has 5 heteroatoms. The Morgan fingerprint density at radius 2 is 1.88 bits per heavy atom. The third-order valence-electron chi connectivity index (χ3n) is 5.72. The van der Waals surface area contributed by atoms with Gasteiger partial charge in [0.15, 0.2) is 0 Å². The zero-order valence-electron chi connectivity index (χ0n) is 15.3. The molecule has 2 fully saturated rings. The van der Waals surface area contributed by atoms with Crippen molar-refractivity contribution in [2.75, 3.05) is 18.9 Å². The molecule has 3 rings (SSSR count). The van der Waals surface area contributed by atoms with Crippen LogP contribution in [0.5, 0.6) is 0 Å². The third kappa shape index (κ3) is 4.63. The van der Waals surface area contributed by atoms with Crippen molar-refractivity contribution in [3.05, 3.63) is 35.9 Å². The van der Waals surface area contributed by atoms with Crippen LogP contribution in [0.3, 0.4) is 0 Å². The minimum absolute atomic E-state index is 0.00152. The second-order valence-electron chi connectivity index (χ2n) is 7.78. The van der Waals surface area contributed by atoms with Gasteiger partial charge in [0.2, 0.25) is 10.0 Å². The van der Waals surface area contributed by atoms with Crippen LogP contribution in [-0.4, -0.2) is 37.7 Å². The Bertz CT molecular complexity index is 638. The predicted molar refractivity (Wildman–Crippen MR) is 101 cm³/mol. The molecule has 1 aliphatic heterocycles. The Morgan fingerprint density at radius 3 is 2.56 bits per heavy atom. The van der Waals surface area contributed by atoms with Crippen molar-refractivity contribution in [2.24, 2.45) is 5.41 Å². The molecule has 0 aromatic heterocycles. The van der Waals surface area contributed by atoms with Crippen molar-refractivity contribution in [3.8, 4) is 0 Å². The van der Waals surface area contributed by atoms with Crippen molar-refractivity contribution in [2.45, 2.75) is 64.5 Å². The molecule has 2 aliphatic rings. The van der Waals surface area contributed by atoms with Crippen molar-refractivity contribution < 1.29 is 13.2 Å². The van der Waals surface area contributed by atoms with E-state index >= 15 is 0 Å². The van der Waals surface area contributed by atoms with Gasteiger partial charge >= 0.3 is 0 Å². The van der Waals surface area contributed by atoms with Crippen molar-refractivity contribution in [1.82, 2.24) is 4.31 Å². The van der Waals surface area contributed by atoms with Gasteiger partial charge in [-0.2, -0.15) is 4.31 Å². The molecule has 1 unspecified atom stereocenters. The second-order valence-corrected chi connectivity index (χ2v) is 9.82. The second kappa shape index (κ2) is 8.19. The van der Waals surface area contributed by atoms with Crippen LogP contribution in [0.25, 0.3) is 0 Å². The van der Waals surface area contributed by atoms with E-state index in [1.807, 2.05) is 37.3 Å². The third-order valence-corrected chi connectivity index (χ3v) is 7.79. The molecule has 0 radical (unpaired) electrons. The highest BCUT2D eigenvalue weighted by Crippen LogP contribution is 2.47. The van der Waals surface area contributed by atoms with Crippen molar-refractivity contribution in [3.63, 3.8) is 0 Å². The quantitative estimate of drug-likeness (QED) is 0.734. The zero-order valence-corrected chi connectivity index (χ0v) is 16.1. The summed E-state index contributed by atoms with van der Waals surface area (Å²) in [5, 5.41) is 0. The molecular weight excluding hydrogens is 334 g/mol. The molecule has 25 heavy (non-hydrogen) atoms. The van der Waals surface area contributed by atoms with Gasteiger partial charge < -0.3 is 4.74 Å². The van der Waals surface area contributed by atoms with Gasteiger partial charge in [0.1, 0.15) is 0 Å². The number of benzene rings is 1. The Morgan fingerprint density at radius 1 is 1.16 bits per heavy atom. The van der Waals surface area contributed by atoms with Gasteiger partial charge in [-0.3, -0.25) is 0 Å². The smallest absolute Gasteiger partial charge is 0.214 e. The first-order valence-corrected chi connectivity index (χ1v) is 11.3. The van der Waals surface area contributed by atoms with Crippen LogP contribution in [0.15, 0.2) is 30.3 Å². The molecule has 1 aromatic rings. The largest absolute Gasteiger partial charge is 0.375 e. The van der Waals surface area contributed by atoms with E-state index in [-0.39, 0.29) is 17.2 Å². The van der Waals surface area contributed by atoms with Gasteiger partial charge in [-0.05, 0) is 36.7 Å². The lowest BCUT2D eigenvalue weighted by atomic mass is 9.73. The maximum absolute atomic E-state index is 12.8. The molecule has 140 valence electrons. The SMILES string of the molecule is CCCS(=O)(=O)N1CC2(CCCCC2)CC1COCc1ccccc1. The van der Waals surface area contributed by atoms with E-state index < -0.39 is 10.0 Å². The molecule has 1 saturated carbocycles. The van der Waals surface area contributed by atoms with Crippen LogP contribution < -0.4 is 0 Å². The zero-order chi connectivity index (χ0) is 17.8. The first-order valence-electron chi connectivity index (χ1n) is 9.66. The van der Waals surface area contributed by atoms with E-state index in [9.17, 15) is 8.42 Å². The Labute approximate surface area is 152 Å². The molecule has 0 amide bonds. The van der Waals surface area contributed by atoms with Gasteiger partial charge in [0.25, 0.3) is 0 Å². The molecule has 1 aliphatic carbocycles. The van der Waals surface area contributed by atoms with Crippen LogP contribution in [0, 0.1) is 5.41 Å². The van der Waals surface area contributed by atoms with E-state index in [4.69, 9.17) is 4.74 Å². The number of hydrogen-bond acceptors (Lipinski definition) is 3. The van der Waals surface area contributed by atoms with Gasteiger partial charge in [-0.1, -0.05) is 56.5 Å². The first-order chi connectivity index (χ1) is 12.0. The van der Waals surface area contributed by atoms with Crippen LogP contribution in [0.1, 0.15) is 57.4 Å². The topological polar surface area (TPSA) is 46.6 Å². The van der Waals surface area contributed by atoms with E-state index in [0.717, 1.165) is 12.0 Å². The lowest BCUT2D eigenvalue weighted by Crippen LogP contribution is -2.40. The van der Waals surface area contributed by atoms with E-state index in [1.54, 1.807) is 4.31 Å². The molecule has 1 spiro atoms. The highest BCUT2D eigenvalue weighted by Gasteiger charge is 2.48. The standard InChI is InChI=1S/C20H31NO3S/c1-2-13-25(22,23)21-17-20(11-7-4-8-12-20)14-19(21)16-24-15-18-9-5-3-6-10-18/h3,5-6,9-10,19H,2,4,7-8,11-17H2,1H3. The van der Waals surface area contributed by atoms with E-state index in [0.29, 0.717) is 26.2 Å². The van der Waals surface area contributed by atoms with Crippen molar-refractivity contribution in [1.29, 1.82) is 0 Å². The fraction of sp³-hybridized carbons (Fsp3) is 0.700. The number of sulfonamides is 1. The first kappa shape index (κ1) is 18.9. The number of hydrogen-bond donors (Lipinski definition) is 0. The summed E-state index contributed by atoms with van der Waals surface area (Å²) in [5.74, 6) is 0.248. The summed E-state index contributed by atoms with van der Waals surface area (Å²) in [6, 6.07) is 10.1. The van der Waals surface area contributed by atoms with Crippen LogP contribution >= 0.6 is 0 Å². The minimum atomic E-state index is -3.18. The van der Waals surface area contributed by atoms with Gasteiger partial charge in [0, 0.05) is 12.6 Å². The van der Waals surface area contributed by atoms with Crippen molar-refractivity contribution >= 4 is 10.0 Å². The summed E-state index contributed by atoms with van der Waals surface area (Å²) in [5.41, 5.74) is 1.33. The van der Waals surface area contributed by atoms with Gasteiger partial charge in [0.05, 0.1) is 19.0 Å². The van der Waals surface area contributed by atoms with Crippen LogP contribution in [0.2, 0.25) is 0 Å².